The summed E-state index contributed by atoms with van der Waals surface area (Å²) in [5.74, 6) is 0. The van der Waals surface area contributed by atoms with E-state index in [1.165, 1.54) is 0 Å². The van der Waals surface area contributed by atoms with Crippen LogP contribution in [0.5, 0.6) is 0 Å². The molecule has 0 spiro atoms. The molecule has 0 fully saturated rings. The molecule has 2 rings (SSSR count). The summed E-state index contributed by atoms with van der Waals surface area (Å²) < 4.78 is 20.3. The Morgan fingerprint density at radius 3 is 2.89 bits per heavy atom. The Hall–Kier alpha value is -1.35. The molecule has 18 heavy (non-hydrogen) atoms. The number of benzene rings is 1. The number of rotatable bonds is 6. The molecule has 3 heteroatoms. The maximum Gasteiger partial charge on any atom is 0.148 e. The fraction of sp³-hybridized carbons (Fsp3) is 0.467. The first-order chi connectivity index (χ1) is 8.69. The number of hydrogen-bond donors (Lipinski definition) is 1. The van der Waals surface area contributed by atoms with Gasteiger partial charge in [-0.05, 0) is 37.2 Å². The molecule has 0 amide bonds. The van der Waals surface area contributed by atoms with Crippen LogP contribution >= 0.6 is 0 Å². The largest absolute Gasteiger partial charge is 0.464 e. The number of alkyl halides is 1. The lowest BCUT2D eigenvalue weighted by Gasteiger charge is -2.25. The van der Waals surface area contributed by atoms with Crippen molar-refractivity contribution in [3.05, 3.63) is 36.1 Å². The number of halogens is 1. The van der Waals surface area contributed by atoms with E-state index in [1.54, 1.807) is 13.3 Å². The summed E-state index contributed by atoms with van der Waals surface area (Å²) in [6.07, 6.45) is 4.08. The van der Waals surface area contributed by atoms with Gasteiger partial charge in [0.25, 0.3) is 0 Å². The highest BCUT2D eigenvalue weighted by atomic mass is 19.1. The summed E-state index contributed by atoms with van der Waals surface area (Å²) in [7, 11) is 1.79. The van der Waals surface area contributed by atoms with Crippen molar-refractivity contribution in [2.45, 2.75) is 31.9 Å². The normalized spacial score (nSPS) is 14.8. The molecule has 1 aromatic heterocycles. The Bertz CT molecular complexity index is 508. The molecule has 1 unspecified atom stereocenters. The zero-order valence-electron chi connectivity index (χ0n) is 11.0. The fourth-order valence-corrected chi connectivity index (χ4v) is 2.32. The first-order valence-electron chi connectivity index (χ1n) is 6.51. The van der Waals surface area contributed by atoms with Crippen LogP contribution in [0.2, 0.25) is 0 Å². The van der Waals surface area contributed by atoms with Crippen molar-refractivity contribution in [1.29, 1.82) is 0 Å². The molecule has 2 aromatic rings. The maximum atomic E-state index is 15.1. The molecule has 0 aliphatic rings. The summed E-state index contributed by atoms with van der Waals surface area (Å²) in [4.78, 5) is 0. The molecule has 0 radical (unpaired) electrons. The second kappa shape index (κ2) is 5.53. The van der Waals surface area contributed by atoms with Crippen molar-refractivity contribution >= 4 is 11.0 Å². The third kappa shape index (κ3) is 2.56. The lowest BCUT2D eigenvalue weighted by molar-refractivity contribution is 0.146. The van der Waals surface area contributed by atoms with Gasteiger partial charge in [0, 0.05) is 11.9 Å². The number of furan rings is 1. The van der Waals surface area contributed by atoms with Crippen LogP contribution in [0.3, 0.4) is 0 Å². The van der Waals surface area contributed by atoms with E-state index in [0.29, 0.717) is 13.0 Å². The van der Waals surface area contributed by atoms with Crippen molar-refractivity contribution in [2.75, 3.05) is 13.6 Å². The van der Waals surface area contributed by atoms with E-state index in [9.17, 15) is 0 Å². The van der Waals surface area contributed by atoms with Gasteiger partial charge in [0.1, 0.15) is 11.3 Å². The standard InChI is InChI=1S/C15H20FNO/c1-3-4-8-15(16,11-17-2)13-5-6-14-12(10-13)7-9-18-14/h5-7,9-10,17H,3-4,8,11H2,1-2H3. The van der Waals surface area contributed by atoms with Gasteiger partial charge in [-0.3, -0.25) is 0 Å². The summed E-state index contributed by atoms with van der Waals surface area (Å²) in [5, 5.41) is 3.92. The minimum Gasteiger partial charge on any atom is -0.464 e. The molecule has 1 aromatic carbocycles. The molecule has 0 aliphatic carbocycles. The maximum absolute atomic E-state index is 15.1. The van der Waals surface area contributed by atoms with E-state index in [1.807, 2.05) is 24.3 Å². The summed E-state index contributed by atoms with van der Waals surface area (Å²) in [6, 6.07) is 7.45. The van der Waals surface area contributed by atoms with E-state index < -0.39 is 5.67 Å². The zero-order chi connectivity index (χ0) is 13.0. The van der Waals surface area contributed by atoms with Gasteiger partial charge in [0.2, 0.25) is 0 Å². The van der Waals surface area contributed by atoms with Crippen molar-refractivity contribution in [3.8, 4) is 0 Å². The Balaban J connectivity index is 2.33. The Labute approximate surface area is 107 Å². The van der Waals surface area contributed by atoms with Gasteiger partial charge >= 0.3 is 0 Å². The summed E-state index contributed by atoms with van der Waals surface area (Å²) >= 11 is 0. The number of likely N-dealkylation sites (N-methyl/N-ethyl adjacent to an activating group) is 1. The molecule has 1 atom stereocenters. The van der Waals surface area contributed by atoms with Crippen LogP contribution < -0.4 is 5.32 Å². The molecular weight excluding hydrogens is 229 g/mol. The van der Waals surface area contributed by atoms with E-state index in [4.69, 9.17) is 4.42 Å². The van der Waals surface area contributed by atoms with E-state index in [-0.39, 0.29) is 0 Å². The topological polar surface area (TPSA) is 25.2 Å². The Morgan fingerprint density at radius 1 is 1.33 bits per heavy atom. The molecule has 0 bridgehead atoms. The van der Waals surface area contributed by atoms with Gasteiger partial charge in [0.15, 0.2) is 0 Å². The van der Waals surface area contributed by atoms with Crippen molar-refractivity contribution in [1.82, 2.24) is 5.32 Å². The van der Waals surface area contributed by atoms with Crippen LogP contribution in [0, 0.1) is 0 Å². The van der Waals surface area contributed by atoms with Crippen LogP contribution in [-0.2, 0) is 5.67 Å². The highest BCUT2D eigenvalue weighted by Gasteiger charge is 2.30. The van der Waals surface area contributed by atoms with Gasteiger partial charge in [-0.2, -0.15) is 0 Å². The number of nitrogens with one attached hydrogen (secondary N) is 1. The summed E-state index contributed by atoms with van der Waals surface area (Å²) in [6.45, 7) is 2.43. The van der Waals surface area contributed by atoms with Gasteiger partial charge in [-0.1, -0.05) is 25.8 Å². The van der Waals surface area contributed by atoms with Crippen LogP contribution in [-0.4, -0.2) is 13.6 Å². The van der Waals surface area contributed by atoms with Gasteiger partial charge in [-0.15, -0.1) is 0 Å². The molecule has 0 saturated heterocycles. The van der Waals surface area contributed by atoms with E-state index >= 15 is 4.39 Å². The SMILES string of the molecule is CCCCC(F)(CNC)c1ccc2occc2c1. The first kappa shape index (κ1) is 13.1. The van der Waals surface area contributed by atoms with Crippen molar-refractivity contribution < 1.29 is 8.81 Å². The molecule has 0 aliphatic heterocycles. The second-order valence-electron chi connectivity index (χ2n) is 4.77. The Kier molecular flexibility index (Phi) is 4.02. The molecule has 1 heterocycles. The van der Waals surface area contributed by atoms with Gasteiger partial charge in [-0.25, -0.2) is 4.39 Å². The molecular formula is C15H20FNO. The number of unbranched alkanes of at least 4 members (excludes halogenated alkanes) is 1. The molecule has 2 nitrogen and oxygen atoms in total. The quantitative estimate of drug-likeness (QED) is 0.836. The average molecular weight is 249 g/mol. The number of fused-ring (bicyclic) bond motifs is 1. The molecule has 0 saturated carbocycles. The highest BCUT2D eigenvalue weighted by Crippen LogP contribution is 2.33. The van der Waals surface area contributed by atoms with E-state index in [2.05, 4.69) is 12.2 Å². The zero-order valence-corrected chi connectivity index (χ0v) is 11.0. The second-order valence-corrected chi connectivity index (χ2v) is 4.77. The smallest absolute Gasteiger partial charge is 0.148 e. The average Bonchev–Trinajstić information content (AvgIpc) is 2.84. The minimum atomic E-state index is -1.30. The monoisotopic (exact) mass is 249 g/mol. The lowest BCUT2D eigenvalue weighted by Crippen LogP contribution is -2.32. The molecule has 98 valence electrons. The van der Waals surface area contributed by atoms with Crippen LogP contribution in [0.15, 0.2) is 34.9 Å². The molecule has 1 N–H and O–H groups in total. The van der Waals surface area contributed by atoms with Crippen LogP contribution in [0.25, 0.3) is 11.0 Å². The van der Waals surface area contributed by atoms with Crippen molar-refractivity contribution in [3.63, 3.8) is 0 Å². The lowest BCUT2D eigenvalue weighted by atomic mass is 9.89. The van der Waals surface area contributed by atoms with Crippen LogP contribution in [0.1, 0.15) is 31.7 Å². The Morgan fingerprint density at radius 2 is 2.17 bits per heavy atom. The number of hydrogen-bond acceptors (Lipinski definition) is 2. The van der Waals surface area contributed by atoms with Crippen LogP contribution in [0.4, 0.5) is 4.39 Å². The third-order valence-electron chi connectivity index (χ3n) is 3.35. The van der Waals surface area contributed by atoms with E-state index in [0.717, 1.165) is 29.4 Å². The first-order valence-corrected chi connectivity index (χ1v) is 6.51. The van der Waals surface area contributed by atoms with Gasteiger partial charge in [0.05, 0.1) is 6.26 Å². The predicted octanol–water partition coefficient (Wildman–Crippen LogP) is 4.01. The van der Waals surface area contributed by atoms with Crippen molar-refractivity contribution in [2.24, 2.45) is 0 Å². The minimum absolute atomic E-state index is 0.344. The predicted molar refractivity (Wildman–Crippen MR) is 72.5 cm³/mol. The highest BCUT2D eigenvalue weighted by molar-refractivity contribution is 5.78. The third-order valence-corrected chi connectivity index (χ3v) is 3.35. The van der Waals surface area contributed by atoms with Gasteiger partial charge < -0.3 is 9.73 Å². The summed E-state index contributed by atoms with van der Waals surface area (Å²) in [5.41, 5.74) is 0.246. The fourth-order valence-electron chi connectivity index (χ4n) is 2.32.